The van der Waals surface area contributed by atoms with Crippen LogP contribution in [-0.4, -0.2) is 54.2 Å². The van der Waals surface area contributed by atoms with E-state index in [0.717, 1.165) is 19.4 Å². The maximum Gasteiger partial charge on any atom is 0.315 e. The Labute approximate surface area is 120 Å². The van der Waals surface area contributed by atoms with Crippen molar-refractivity contribution >= 4 is 12.0 Å². The van der Waals surface area contributed by atoms with Crippen molar-refractivity contribution in [3.8, 4) is 0 Å². The lowest BCUT2D eigenvalue weighted by atomic mass is 9.99. The molecular weight excluding hydrogens is 258 g/mol. The maximum absolute atomic E-state index is 11.8. The molecule has 1 aliphatic rings. The molecule has 6 heteroatoms. The number of piperidine rings is 1. The predicted octanol–water partition coefficient (Wildman–Crippen LogP) is 1.27. The number of hydrogen-bond acceptors (Lipinski definition) is 3. The van der Waals surface area contributed by atoms with E-state index in [-0.39, 0.29) is 24.4 Å². The quantitative estimate of drug-likeness (QED) is 0.686. The molecule has 0 aliphatic carbocycles. The molecule has 0 aromatic carbocycles. The zero-order chi connectivity index (χ0) is 15.1. The van der Waals surface area contributed by atoms with Gasteiger partial charge in [-0.05, 0) is 39.2 Å². The van der Waals surface area contributed by atoms with Crippen LogP contribution in [-0.2, 0) is 4.79 Å². The first-order valence-electron chi connectivity index (χ1n) is 7.35. The Kier molecular flexibility index (Phi) is 6.78. The summed E-state index contributed by atoms with van der Waals surface area (Å²) in [6.45, 7) is 5.63. The molecule has 6 nitrogen and oxygen atoms in total. The van der Waals surface area contributed by atoms with Crippen LogP contribution < -0.4 is 10.6 Å². The van der Waals surface area contributed by atoms with Crippen molar-refractivity contribution in [2.45, 2.75) is 51.6 Å². The number of carbonyl (C=O) groups excluding carboxylic acids is 1. The Balaban J connectivity index is 2.18. The van der Waals surface area contributed by atoms with Gasteiger partial charge in [-0.3, -0.25) is 4.79 Å². The van der Waals surface area contributed by atoms with Crippen LogP contribution in [0.3, 0.4) is 0 Å². The Morgan fingerprint density at radius 2 is 2.15 bits per heavy atom. The number of hydrogen-bond donors (Lipinski definition) is 3. The van der Waals surface area contributed by atoms with Crippen molar-refractivity contribution in [1.82, 2.24) is 15.5 Å². The van der Waals surface area contributed by atoms with E-state index in [9.17, 15) is 9.59 Å². The Morgan fingerprint density at radius 1 is 1.45 bits per heavy atom. The van der Waals surface area contributed by atoms with E-state index in [1.807, 2.05) is 6.92 Å². The van der Waals surface area contributed by atoms with Crippen molar-refractivity contribution in [2.75, 3.05) is 20.1 Å². The van der Waals surface area contributed by atoms with Crippen LogP contribution in [0.1, 0.15) is 39.5 Å². The second-order valence-corrected chi connectivity index (χ2v) is 5.94. The van der Waals surface area contributed by atoms with Crippen molar-refractivity contribution < 1.29 is 14.7 Å². The predicted molar refractivity (Wildman–Crippen MR) is 77.7 cm³/mol. The van der Waals surface area contributed by atoms with Crippen molar-refractivity contribution in [2.24, 2.45) is 5.92 Å². The number of carbonyl (C=O) groups is 2. The van der Waals surface area contributed by atoms with Gasteiger partial charge >= 0.3 is 12.0 Å². The van der Waals surface area contributed by atoms with E-state index in [0.29, 0.717) is 19.0 Å². The number of aliphatic carboxylic acids is 1. The van der Waals surface area contributed by atoms with Crippen LogP contribution in [0.15, 0.2) is 0 Å². The van der Waals surface area contributed by atoms with Gasteiger partial charge in [-0.25, -0.2) is 4.79 Å². The molecule has 0 aromatic rings. The molecule has 1 saturated heterocycles. The third-order valence-electron chi connectivity index (χ3n) is 4.01. The van der Waals surface area contributed by atoms with Crippen LogP contribution in [0.4, 0.5) is 4.79 Å². The summed E-state index contributed by atoms with van der Waals surface area (Å²) in [5.74, 6) is -0.616. The molecule has 0 radical (unpaired) electrons. The van der Waals surface area contributed by atoms with Crippen LogP contribution in [0.2, 0.25) is 0 Å². The van der Waals surface area contributed by atoms with Gasteiger partial charge in [0.25, 0.3) is 0 Å². The molecule has 0 spiro atoms. The molecule has 1 aliphatic heterocycles. The highest BCUT2D eigenvalue weighted by Crippen LogP contribution is 2.15. The molecule has 2 amide bonds. The summed E-state index contributed by atoms with van der Waals surface area (Å²) in [6, 6.07) is 0.577. The van der Waals surface area contributed by atoms with Gasteiger partial charge in [0.1, 0.15) is 0 Å². The largest absolute Gasteiger partial charge is 0.481 e. The molecule has 116 valence electrons. The molecule has 20 heavy (non-hydrogen) atoms. The second-order valence-electron chi connectivity index (χ2n) is 5.94. The standard InChI is InChI=1S/C14H27N3O3/c1-10(4-5-13(18)19)9-15-14(20)16-12-6-7-17(3)11(2)8-12/h10-12H,4-9H2,1-3H3,(H,18,19)(H2,15,16,20). The lowest BCUT2D eigenvalue weighted by molar-refractivity contribution is -0.137. The molecular formula is C14H27N3O3. The summed E-state index contributed by atoms with van der Waals surface area (Å²) < 4.78 is 0. The molecule has 1 fully saturated rings. The number of carboxylic acids is 1. The summed E-state index contributed by atoms with van der Waals surface area (Å²) in [7, 11) is 2.10. The summed E-state index contributed by atoms with van der Waals surface area (Å²) >= 11 is 0. The fraction of sp³-hybridized carbons (Fsp3) is 0.857. The van der Waals surface area contributed by atoms with E-state index in [1.54, 1.807) is 0 Å². The first kappa shape index (κ1) is 16.8. The van der Waals surface area contributed by atoms with Crippen molar-refractivity contribution in [3.63, 3.8) is 0 Å². The highest BCUT2D eigenvalue weighted by molar-refractivity contribution is 5.74. The molecule has 0 aromatic heterocycles. The van der Waals surface area contributed by atoms with Gasteiger partial charge < -0.3 is 20.6 Å². The number of nitrogens with zero attached hydrogens (tertiary/aromatic N) is 1. The zero-order valence-corrected chi connectivity index (χ0v) is 12.7. The maximum atomic E-state index is 11.8. The van der Waals surface area contributed by atoms with Crippen molar-refractivity contribution in [1.29, 1.82) is 0 Å². The number of likely N-dealkylation sites (tertiary alicyclic amines) is 1. The number of nitrogens with one attached hydrogen (secondary N) is 2. The van der Waals surface area contributed by atoms with Crippen LogP contribution in [0.5, 0.6) is 0 Å². The topological polar surface area (TPSA) is 81.7 Å². The van der Waals surface area contributed by atoms with Gasteiger partial charge in [0.15, 0.2) is 0 Å². The highest BCUT2D eigenvalue weighted by atomic mass is 16.4. The number of carboxylic acid groups (broad SMARTS) is 1. The number of urea groups is 1. The Bertz CT molecular complexity index is 336. The van der Waals surface area contributed by atoms with Gasteiger partial charge in [-0.2, -0.15) is 0 Å². The normalized spacial score (nSPS) is 24.9. The number of rotatable bonds is 6. The molecule has 0 saturated carbocycles. The van der Waals surface area contributed by atoms with Gasteiger partial charge in [-0.15, -0.1) is 0 Å². The molecule has 3 atom stereocenters. The number of amides is 2. The minimum atomic E-state index is -0.790. The van der Waals surface area contributed by atoms with E-state index in [4.69, 9.17) is 5.11 Å². The van der Waals surface area contributed by atoms with Gasteiger partial charge in [0.05, 0.1) is 0 Å². The van der Waals surface area contributed by atoms with Gasteiger partial charge in [-0.1, -0.05) is 6.92 Å². The lowest BCUT2D eigenvalue weighted by Gasteiger charge is -2.35. The summed E-state index contributed by atoms with van der Waals surface area (Å²) in [5.41, 5.74) is 0. The Morgan fingerprint density at radius 3 is 2.75 bits per heavy atom. The van der Waals surface area contributed by atoms with E-state index >= 15 is 0 Å². The van der Waals surface area contributed by atoms with E-state index < -0.39 is 5.97 Å². The minimum absolute atomic E-state index is 0.145. The second kappa shape index (κ2) is 8.09. The summed E-state index contributed by atoms with van der Waals surface area (Å²) in [6.07, 6.45) is 2.68. The Hall–Kier alpha value is -1.30. The smallest absolute Gasteiger partial charge is 0.315 e. The third-order valence-corrected chi connectivity index (χ3v) is 4.01. The average Bonchev–Trinajstić information content (AvgIpc) is 2.38. The van der Waals surface area contributed by atoms with Crippen LogP contribution in [0, 0.1) is 5.92 Å². The first-order chi connectivity index (χ1) is 9.38. The molecule has 3 N–H and O–H groups in total. The lowest BCUT2D eigenvalue weighted by Crippen LogP contribution is -2.50. The fourth-order valence-corrected chi connectivity index (χ4v) is 2.40. The molecule has 0 bridgehead atoms. The SMILES string of the molecule is CC(CCC(=O)O)CNC(=O)NC1CCN(C)C(C)C1. The van der Waals surface area contributed by atoms with E-state index in [1.165, 1.54) is 0 Å². The van der Waals surface area contributed by atoms with Crippen LogP contribution >= 0.6 is 0 Å². The van der Waals surface area contributed by atoms with E-state index in [2.05, 4.69) is 29.5 Å². The van der Waals surface area contributed by atoms with Gasteiger partial charge in [0, 0.05) is 31.6 Å². The molecule has 1 heterocycles. The zero-order valence-electron chi connectivity index (χ0n) is 12.7. The van der Waals surface area contributed by atoms with Crippen LogP contribution in [0.25, 0.3) is 0 Å². The van der Waals surface area contributed by atoms with Gasteiger partial charge in [0.2, 0.25) is 0 Å². The average molecular weight is 285 g/mol. The third kappa shape index (κ3) is 6.23. The first-order valence-corrected chi connectivity index (χ1v) is 7.35. The highest BCUT2D eigenvalue weighted by Gasteiger charge is 2.23. The van der Waals surface area contributed by atoms with Crippen molar-refractivity contribution in [3.05, 3.63) is 0 Å². The molecule has 3 unspecified atom stereocenters. The minimum Gasteiger partial charge on any atom is -0.481 e. The summed E-state index contributed by atoms with van der Waals surface area (Å²) in [5, 5.41) is 14.4. The fourth-order valence-electron chi connectivity index (χ4n) is 2.40. The molecule has 1 rings (SSSR count). The monoisotopic (exact) mass is 285 g/mol. The summed E-state index contributed by atoms with van der Waals surface area (Å²) in [4.78, 5) is 24.5.